The average Bonchev–Trinajstić information content (AvgIpc) is 2.99. The topological polar surface area (TPSA) is 15.3 Å². The van der Waals surface area contributed by atoms with Gasteiger partial charge in [0.25, 0.3) is 0 Å². The molecule has 18 heavy (non-hydrogen) atoms. The van der Waals surface area contributed by atoms with Gasteiger partial charge in [-0.2, -0.15) is 0 Å². The molecule has 1 aliphatic heterocycles. The predicted molar refractivity (Wildman–Crippen MR) is 76.7 cm³/mol. The van der Waals surface area contributed by atoms with Crippen molar-refractivity contribution in [3.63, 3.8) is 0 Å². The van der Waals surface area contributed by atoms with Crippen LogP contribution in [0.5, 0.6) is 0 Å². The van der Waals surface area contributed by atoms with Crippen molar-refractivity contribution in [3.8, 4) is 0 Å². The van der Waals surface area contributed by atoms with Crippen molar-refractivity contribution in [1.82, 2.24) is 10.2 Å². The second kappa shape index (κ2) is 5.92. The smallest absolute Gasteiger partial charge is 0.0195 e. The number of fused-ring (bicyclic) bond motifs is 2. The summed E-state index contributed by atoms with van der Waals surface area (Å²) in [5, 5.41) is 3.72. The van der Waals surface area contributed by atoms with E-state index in [9.17, 15) is 0 Å². The van der Waals surface area contributed by atoms with E-state index >= 15 is 0 Å². The van der Waals surface area contributed by atoms with E-state index in [0.29, 0.717) is 0 Å². The van der Waals surface area contributed by atoms with Gasteiger partial charge in [-0.25, -0.2) is 0 Å². The molecule has 2 bridgehead atoms. The van der Waals surface area contributed by atoms with Crippen molar-refractivity contribution in [3.05, 3.63) is 0 Å². The Hall–Kier alpha value is -0.0800. The molecule has 1 heterocycles. The summed E-state index contributed by atoms with van der Waals surface area (Å²) in [5.74, 6) is 3.26. The van der Waals surface area contributed by atoms with Gasteiger partial charge in [-0.1, -0.05) is 13.3 Å². The largest absolute Gasteiger partial charge is 0.313 e. The van der Waals surface area contributed by atoms with Crippen LogP contribution in [0.2, 0.25) is 0 Å². The van der Waals surface area contributed by atoms with Gasteiger partial charge >= 0.3 is 0 Å². The molecule has 0 aromatic carbocycles. The SMILES string of the molecule is CCCNC1CCCN(CC2CC3CCC2C3)C1. The van der Waals surface area contributed by atoms with Crippen LogP contribution in [0.4, 0.5) is 0 Å². The molecule has 2 nitrogen and oxygen atoms in total. The standard InChI is InChI=1S/C16H30N2/c1-2-7-17-16-4-3-8-18(12-16)11-15-10-13-5-6-14(15)9-13/h13-17H,2-12H2,1H3. The van der Waals surface area contributed by atoms with Crippen molar-refractivity contribution in [2.75, 3.05) is 26.2 Å². The number of nitrogens with zero attached hydrogens (tertiary/aromatic N) is 1. The van der Waals surface area contributed by atoms with Crippen LogP contribution in [0.3, 0.4) is 0 Å². The molecule has 0 spiro atoms. The lowest BCUT2D eigenvalue weighted by Gasteiger charge is -2.36. The van der Waals surface area contributed by atoms with Crippen molar-refractivity contribution < 1.29 is 0 Å². The molecule has 0 amide bonds. The van der Waals surface area contributed by atoms with E-state index in [0.717, 1.165) is 23.8 Å². The van der Waals surface area contributed by atoms with Gasteiger partial charge in [-0.3, -0.25) is 0 Å². The first kappa shape index (κ1) is 12.9. The Bertz CT molecular complexity index is 266. The zero-order valence-corrected chi connectivity index (χ0v) is 12.0. The van der Waals surface area contributed by atoms with Gasteiger partial charge in [-0.15, -0.1) is 0 Å². The fourth-order valence-electron chi connectivity index (χ4n) is 4.67. The molecule has 1 N–H and O–H groups in total. The van der Waals surface area contributed by atoms with Crippen molar-refractivity contribution in [1.29, 1.82) is 0 Å². The zero-order valence-electron chi connectivity index (χ0n) is 12.0. The van der Waals surface area contributed by atoms with Gasteiger partial charge in [0.15, 0.2) is 0 Å². The fourth-order valence-corrected chi connectivity index (χ4v) is 4.67. The number of likely N-dealkylation sites (tertiary alicyclic amines) is 1. The monoisotopic (exact) mass is 250 g/mol. The van der Waals surface area contributed by atoms with Crippen LogP contribution >= 0.6 is 0 Å². The van der Waals surface area contributed by atoms with Crippen LogP contribution in [0.15, 0.2) is 0 Å². The van der Waals surface area contributed by atoms with Crippen LogP contribution in [0, 0.1) is 17.8 Å². The molecule has 4 atom stereocenters. The maximum Gasteiger partial charge on any atom is 0.0195 e. The van der Waals surface area contributed by atoms with Gasteiger partial charge in [0.05, 0.1) is 0 Å². The number of piperidine rings is 1. The molecule has 3 fully saturated rings. The maximum absolute atomic E-state index is 3.72. The van der Waals surface area contributed by atoms with E-state index in [4.69, 9.17) is 0 Å². The third-order valence-electron chi connectivity index (χ3n) is 5.57. The van der Waals surface area contributed by atoms with E-state index in [-0.39, 0.29) is 0 Å². The molecule has 4 unspecified atom stereocenters. The van der Waals surface area contributed by atoms with Crippen LogP contribution in [-0.4, -0.2) is 37.1 Å². The van der Waals surface area contributed by atoms with Crippen molar-refractivity contribution in [2.24, 2.45) is 17.8 Å². The van der Waals surface area contributed by atoms with Gasteiger partial charge in [0.1, 0.15) is 0 Å². The second-order valence-corrected chi connectivity index (χ2v) is 6.99. The van der Waals surface area contributed by atoms with Crippen LogP contribution in [-0.2, 0) is 0 Å². The molecule has 2 aliphatic carbocycles. The van der Waals surface area contributed by atoms with E-state index in [2.05, 4.69) is 17.1 Å². The highest BCUT2D eigenvalue weighted by atomic mass is 15.2. The third kappa shape index (κ3) is 2.91. The first-order valence-corrected chi connectivity index (χ1v) is 8.31. The minimum Gasteiger partial charge on any atom is -0.313 e. The Morgan fingerprint density at radius 1 is 1.17 bits per heavy atom. The number of rotatable bonds is 5. The number of nitrogens with one attached hydrogen (secondary N) is 1. The minimum atomic E-state index is 0.775. The first-order valence-electron chi connectivity index (χ1n) is 8.31. The van der Waals surface area contributed by atoms with Gasteiger partial charge in [-0.05, 0) is 69.4 Å². The second-order valence-electron chi connectivity index (χ2n) is 6.99. The summed E-state index contributed by atoms with van der Waals surface area (Å²) in [6.07, 6.45) is 10.3. The third-order valence-corrected chi connectivity index (χ3v) is 5.57. The van der Waals surface area contributed by atoms with Crippen molar-refractivity contribution in [2.45, 2.75) is 57.9 Å². The summed E-state index contributed by atoms with van der Waals surface area (Å²) in [6, 6.07) is 0.775. The predicted octanol–water partition coefficient (Wildman–Crippen LogP) is 2.89. The Morgan fingerprint density at radius 3 is 2.83 bits per heavy atom. The summed E-state index contributed by atoms with van der Waals surface area (Å²) in [7, 11) is 0. The Balaban J connectivity index is 1.44. The minimum absolute atomic E-state index is 0.775. The highest BCUT2D eigenvalue weighted by molar-refractivity contribution is 4.92. The lowest BCUT2D eigenvalue weighted by atomic mass is 9.88. The average molecular weight is 250 g/mol. The van der Waals surface area contributed by atoms with E-state index in [1.54, 1.807) is 25.7 Å². The van der Waals surface area contributed by atoms with Crippen molar-refractivity contribution >= 4 is 0 Å². The molecule has 0 aromatic heterocycles. The molecule has 3 aliphatic rings. The highest BCUT2D eigenvalue weighted by Gasteiger charge is 2.40. The lowest BCUT2D eigenvalue weighted by molar-refractivity contribution is 0.143. The summed E-state index contributed by atoms with van der Waals surface area (Å²) < 4.78 is 0. The lowest BCUT2D eigenvalue weighted by Crippen LogP contribution is -2.47. The Kier molecular flexibility index (Phi) is 4.25. The molecule has 2 saturated carbocycles. The van der Waals surface area contributed by atoms with Gasteiger partial charge in [0.2, 0.25) is 0 Å². The highest BCUT2D eigenvalue weighted by Crippen LogP contribution is 2.48. The maximum atomic E-state index is 3.72. The molecule has 2 heteroatoms. The molecule has 0 aromatic rings. The Morgan fingerprint density at radius 2 is 2.11 bits per heavy atom. The molecule has 104 valence electrons. The molecule has 3 rings (SSSR count). The van der Waals surface area contributed by atoms with Crippen LogP contribution in [0.25, 0.3) is 0 Å². The Labute approximate surface area is 113 Å². The quantitative estimate of drug-likeness (QED) is 0.807. The summed E-state index contributed by atoms with van der Waals surface area (Å²) in [5.41, 5.74) is 0. The normalized spacial score (nSPS) is 40.5. The van der Waals surface area contributed by atoms with Crippen LogP contribution in [0.1, 0.15) is 51.9 Å². The summed E-state index contributed by atoms with van der Waals surface area (Å²) in [4.78, 5) is 2.77. The summed E-state index contributed by atoms with van der Waals surface area (Å²) >= 11 is 0. The molecular formula is C16H30N2. The van der Waals surface area contributed by atoms with E-state index in [1.165, 1.54) is 45.4 Å². The van der Waals surface area contributed by atoms with E-state index < -0.39 is 0 Å². The molecular weight excluding hydrogens is 220 g/mol. The first-order chi connectivity index (χ1) is 8.85. The zero-order chi connectivity index (χ0) is 12.4. The van der Waals surface area contributed by atoms with Gasteiger partial charge in [0, 0.05) is 19.1 Å². The molecule has 0 radical (unpaired) electrons. The fraction of sp³-hybridized carbons (Fsp3) is 1.00. The summed E-state index contributed by atoms with van der Waals surface area (Å²) in [6.45, 7) is 7.55. The molecule has 1 saturated heterocycles. The number of hydrogen-bond donors (Lipinski definition) is 1. The van der Waals surface area contributed by atoms with Crippen LogP contribution < -0.4 is 5.32 Å². The van der Waals surface area contributed by atoms with E-state index in [1.807, 2.05) is 0 Å². The van der Waals surface area contributed by atoms with Gasteiger partial charge < -0.3 is 10.2 Å². The number of hydrogen-bond acceptors (Lipinski definition) is 2.